The molecule has 19 heavy (non-hydrogen) atoms. The highest BCUT2D eigenvalue weighted by Gasteiger charge is 2.39. The van der Waals surface area contributed by atoms with E-state index in [1.54, 1.807) is 9.80 Å². The topological polar surface area (TPSA) is 49.9 Å². The molecule has 2 rings (SSSR count). The van der Waals surface area contributed by atoms with Crippen molar-refractivity contribution < 1.29 is 14.3 Å². The van der Waals surface area contributed by atoms with Crippen molar-refractivity contribution in [1.82, 2.24) is 9.80 Å². The van der Waals surface area contributed by atoms with E-state index >= 15 is 0 Å². The van der Waals surface area contributed by atoms with E-state index in [2.05, 4.69) is 0 Å². The fourth-order valence-electron chi connectivity index (χ4n) is 2.90. The first-order valence-corrected chi connectivity index (χ1v) is 6.98. The van der Waals surface area contributed by atoms with Crippen LogP contribution in [0.2, 0.25) is 0 Å². The predicted molar refractivity (Wildman–Crippen MR) is 71.7 cm³/mol. The number of rotatable bonds is 0. The minimum Gasteiger partial charge on any atom is -0.444 e. The molecule has 2 fully saturated rings. The molecule has 5 heteroatoms. The van der Waals surface area contributed by atoms with Gasteiger partial charge in [0, 0.05) is 33.1 Å². The monoisotopic (exact) mass is 268 g/mol. The lowest BCUT2D eigenvalue weighted by Crippen LogP contribution is -2.37. The number of hydrogen-bond donors (Lipinski definition) is 0. The molecule has 0 radical (unpaired) electrons. The van der Waals surface area contributed by atoms with E-state index in [0.717, 1.165) is 19.5 Å². The van der Waals surface area contributed by atoms with Crippen LogP contribution >= 0.6 is 0 Å². The number of carbonyl (C=O) groups is 2. The highest BCUT2D eigenvalue weighted by atomic mass is 16.6. The zero-order valence-electron chi connectivity index (χ0n) is 12.3. The lowest BCUT2D eigenvalue weighted by molar-refractivity contribution is -0.129. The van der Waals surface area contributed by atoms with Gasteiger partial charge in [0.2, 0.25) is 5.91 Å². The van der Waals surface area contributed by atoms with E-state index in [-0.39, 0.29) is 12.0 Å². The van der Waals surface area contributed by atoms with Crippen molar-refractivity contribution in [1.29, 1.82) is 0 Å². The van der Waals surface area contributed by atoms with Crippen molar-refractivity contribution in [3.05, 3.63) is 0 Å². The number of nitrogens with zero attached hydrogens (tertiary/aromatic N) is 2. The molecule has 2 amide bonds. The van der Waals surface area contributed by atoms with E-state index in [0.29, 0.717) is 24.8 Å². The zero-order valence-corrected chi connectivity index (χ0v) is 12.3. The van der Waals surface area contributed by atoms with Crippen molar-refractivity contribution in [2.75, 3.05) is 26.7 Å². The van der Waals surface area contributed by atoms with Gasteiger partial charge in [-0.1, -0.05) is 0 Å². The Hall–Kier alpha value is -1.26. The van der Waals surface area contributed by atoms with E-state index in [9.17, 15) is 9.59 Å². The smallest absolute Gasteiger partial charge is 0.410 e. The minimum atomic E-state index is -0.450. The van der Waals surface area contributed by atoms with Gasteiger partial charge in [0.25, 0.3) is 0 Å². The summed E-state index contributed by atoms with van der Waals surface area (Å²) in [5.41, 5.74) is -0.450. The largest absolute Gasteiger partial charge is 0.444 e. The maximum absolute atomic E-state index is 12.1. The van der Waals surface area contributed by atoms with Crippen molar-refractivity contribution in [2.24, 2.45) is 11.8 Å². The molecule has 2 aliphatic heterocycles. The molecule has 2 unspecified atom stereocenters. The average molecular weight is 268 g/mol. The molecule has 0 N–H and O–H groups in total. The number of hydrogen-bond acceptors (Lipinski definition) is 3. The van der Waals surface area contributed by atoms with Crippen LogP contribution in [-0.4, -0.2) is 54.1 Å². The van der Waals surface area contributed by atoms with E-state index in [1.807, 2.05) is 27.8 Å². The van der Waals surface area contributed by atoms with Crippen molar-refractivity contribution in [3.63, 3.8) is 0 Å². The fraction of sp³-hybridized carbons (Fsp3) is 0.857. The summed E-state index contributed by atoms with van der Waals surface area (Å²) in [5.74, 6) is 1.05. The summed E-state index contributed by atoms with van der Waals surface area (Å²) in [5, 5.41) is 0. The molecular weight excluding hydrogens is 244 g/mol. The third kappa shape index (κ3) is 3.39. The van der Waals surface area contributed by atoms with Crippen molar-refractivity contribution in [2.45, 2.75) is 39.2 Å². The summed E-state index contributed by atoms with van der Waals surface area (Å²) in [7, 11) is 1.85. The van der Waals surface area contributed by atoms with Crippen LogP contribution in [0.15, 0.2) is 0 Å². The number of carbonyl (C=O) groups excluding carboxylic acids is 2. The van der Waals surface area contributed by atoms with Gasteiger partial charge in [-0.05, 0) is 39.0 Å². The molecule has 0 saturated carbocycles. The second-order valence-electron chi connectivity index (χ2n) is 6.72. The minimum absolute atomic E-state index is 0.221. The standard InChI is InChI=1S/C14H24N2O3/c1-14(2,3)19-13(18)16-8-10-5-6-12(17)15(4)7-11(10)9-16/h10-11H,5-9H2,1-4H3. The fourth-order valence-corrected chi connectivity index (χ4v) is 2.90. The molecule has 2 heterocycles. The van der Waals surface area contributed by atoms with E-state index < -0.39 is 5.60 Å². The van der Waals surface area contributed by atoms with Gasteiger partial charge in [0.15, 0.2) is 0 Å². The van der Waals surface area contributed by atoms with Gasteiger partial charge in [-0.2, -0.15) is 0 Å². The number of fused-ring (bicyclic) bond motifs is 1. The second kappa shape index (κ2) is 5.02. The van der Waals surface area contributed by atoms with Gasteiger partial charge in [0.05, 0.1) is 0 Å². The molecule has 108 valence electrons. The molecule has 2 atom stereocenters. The van der Waals surface area contributed by atoms with Gasteiger partial charge >= 0.3 is 6.09 Å². The van der Waals surface area contributed by atoms with Crippen LogP contribution in [0.3, 0.4) is 0 Å². The van der Waals surface area contributed by atoms with Gasteiger partial charge in [-0.3, -0.25) is 4.79 Å². The Morgan fingerprint density at radius 1 is 1.21 bits per heavy atom. The lowest BCUT2D eigenvalue weighted by atomic mass is 9.93. The highest BCUT2D eigenvalue weighted by Crippen LogP contribution is 2.31. The molecule has 0 aromatic rings. The number of likely N-dealkylation sites (tertiary alicyclic amines) is 2. The molecule has 5 nitrogen and oxygen atoms in total. The van der Waals surface area contributed by atoms with Crippen molar-refractivity contribution >= 4 is 12.0 Å². The average Bonchev–Trinajstić information content (AvgIpc) is 2.61. The summed E-state index contributed by atoms with van der Waals surface area (Å²) in [6, 6.07) is 0. The van der Waals surface area contributed by atoms with Crippen LogP contribution in [-0.2, 0) is 9.53 Å². The van der Waals surface area contributed by atoms with Crippen LogP contribution < -0.4 is 0 Å². The summed E-state index contributed by atoms with van der Waals surface area (Å²) < 4.78 is 5.41. The Balaban J connectivity index is 1.96. The van der Waals surface area contributed by atoms with E-state index in [4.69, 9.17) is 4.74 Å². The van der Waals surface area contributed by atoms with Gasteiger partial charge < -0.3 is 14.5 Å². The SMILES string of the molecule is CN1CC2CN(C(=O)OC(C)(C)C)CC2CCC1=O. The summed E-state index contributed by atoms with van der Waals surface area (Å²) in [6.07, 6.45) is 1.25. The third-order valence-electron chi connectivity index (χ3n) is 3.89. The predicted octanol–water partition coefficient (Wildman–Crippen LogP) is 1.72. The first kappa shape index (κ1) is 14.2. The summed E-state index contributed by atoms with van der Waals surface area (Å²) >= 11 is 0. The third-order valence-corrected chi connectivity index (χ3v) is 3.89. The Morgan fingerprint density at radius 2 is 1.84 bits per heavy atom. The maximum Gasteiger partial charge on any atom is 0.410 e. The Labute approximate surface area is 114 Å². The molecule has 0 spiro atoms. The zero-order chi connectivity index (χ0) is 14.2. The molecule has 2 saturated heterocycles. The molecule has 0 bridgehead atoms. The van der Waals surface area contributed by atoms with Gasteiger partial charge in [-0.15, -0.1) is 0 Å². The highest BCUT2D eigenvalue weighted by molar-refractivity contribution is 5.76. The molecule has 0 aromatic carbocycles. The first-order chi connectivity index (χ1) is 8.76. The number of ether oxygens (including phenoxy) is 1. The Bertz CT molecular complexity index is 375. The maximum atomic E-state index is 12.1. The lowest BCUT2D eigenvalue weighted by Gasteiger charge is -2.25. The van der Waals surface area contributed by atoms with Gasteiger partial charge in [0.1, 0.15) is 5.60 Å². The molecule has 0 aromatic heterocycles. The van der Waals surface area contributed by atoms with Crippen LogP contribution in [0.25, 0.3) is 0 Å². The summed E-state index contributed by atoms with van der Waals surface area (Å²) in [6.45, 7) is 7.82. The molecular formula is C14H24N2O3. The van der Waals surface area contributed by atoms with Crippen molar-refractivity contribution in [3.8, 4) is 0 Å². The normalized spacial score (nSPS) is 28.1. The first-order valence-electron chi connectivity index (χ1n) is 6.98. The van der Waals surface area contributed by atoms with Crippen LogP contribution in [0.4, 0.5) is 4.79 Å². The van der Waals surface area contributed by atoms with Gasteiger partial charge in [-0.25, -0.2) is 4.79 Å². The number of amides is 2. The summed E-state index contributed by atoms with van der Waals surface area (Å²) in [4.78, 5) is 27.3. The molecule has 2 aliphatic rings. The molecule has 0 aliphatic carbocycles. The Morgan fingerprint density at radius 3 is 2.47 bits per heavy atom. The second-order valence-corrected chi connectivity index (χ2v) is 6.72. The van der Waals surface area contributed by atoms with E-state index in [1.165, 1.54) is 0 Å². The van der Waals surface area contributed by atoms with Crippen LogP contribution in [0.1, 0.15) is 33.6 Å². The quantitative estimate of drug-likeness (QED) is 0.672. The van der Waals surface area contributed by atoms with Crippen LogP contribution in [0.5, 0.6) is 0 Å². The Kier molecular flexibility index (Phi) is 3.74. The van der Waals surface area contributed by atoms with Crippen LogP contribution in [0, 0.1) is 11.8 Å².